The second kappa shape index (κ2) is 5.32. The predicted octanol–water partition coefficient (Wildman–Crippen LogP) is 1.37. The number of pyridine rings is 1. The lowest BCUT2D eigenvalue weighted by Crippen LogP contribution is -2.12. The van der Waals surface area contributed by atoms with Crippen molar-refractivity contribution in [3.8, 4) is 5.88 Å². The first-order valence-electron chi connectivity index (χ1n) is 4.17. The zero-order valence-electron chi connectivity index (χ0n) is 7.79. The van der Waals surface area contributed by atoms with Crippen LogP contribution in [0, 0.1) is 0 Å². The van der Waals surface area contributed by atoms with E-state index in [0.29, 0.717) is 5.88 Å². The van der Waals surface area contributed by atoms with Crippen molar-refractivity contribution in [1.82, 2.24) is 10.3 Å². The van der Waals surface area contributed by atoms with Gasteiger partial charge >= 0.3 is 0 Å². The summed E-state index contributed by atoms with van der Waals surface area (Å²) >= 11 is 0. The summed E-state index contributed by atoms with van der Waals surface area (Å²) in [5, 5.41) is 3.19. The quantitative estimate of drug-likeness (QED) is 0.546. The van der Waals surface area contributed by atoms with Crippen molar-refractivity contribution in [2.24, 2.45) is 0 Å². The zero-order valence-corrected chi connectivity index (χ0v) is 7.79. The van der Waals surface area contributed by atoms with Gasteiger partial charge in [-0.2, -0.15) is 0 Å². The Hall–Kier alpha value is -1.35. The molecule has 1 aromatic rings. The Balaban J connectivity index is 2.44. The van der Waals surface area contributed by atoms with Gasteiger partial charge in [-0.25, -0.2) is 4.98 Å². The van der Waals surface area contributed by atoms with Crippen molar-refractivity contribution in [3.63, 3.8) is 0 Å². The molecule has 0 unspecified atom stereocenters. The van der Waals surface area contributed by atoms with Crippen molar-refractivity contribution in [2.45, 2.75) is 6.54 Å². The summed E-state index contributed by atoms with van der Waals surface area (Å²) in [5.41, 5.74) is 1.14. The normalized spacial score (nSPS) is 9.62. The number of ether oxygens (including phenoxy) is 1. The largest absolute Gasteiger partial charge is 0.481 e. The van der Waals surface area contributed by atoms with E-state index >= 15 is 0 Å². The van der Waals surface area contributed by atoms with Crippen molar-refractivity contribution in [3.05, 3.63) is 36.5 Å². The SMILES string of the molecule is C=CCNCc1ccc(OC)nc1. The molecule has 1 heterocycles. The maximum absolute atomic E-state index is 4.95. The Kier molecular flexibility index (Phi) is 3.99. The minimum Gasteiger partial charge on any atom is -0.481 e. The van der Waals surface area contributed by atoms with Gasteiger partial charge in [-0.1, -0.05) is 12.1 Å². The fourth-order valence-electron chi connectivity index (χ4n) is 0.955. The molecule has 13 heavy (non-hydrogen) atoms. The molecule has 0 aromatic carbocycles. The van der Waals surface area contributed by atoms with Crippen LogP contribution in [0.5, 0.6) is 5.88 Å². The van der Waals surface area contributed by atoms with E-state index in [9.17, 15) is 0 Å². The molecule has 0 radical (unpaired) electrons. The molecule has 0 amide bonds. The van der Waals surface area contributed by atoms with Gasteiger partial charge in [-0.05, 0) is 5.56 Å². The van der Waals surface area contributed by atoms with Crippen LogP contribution in [0.1, 0.15) is 5.56 Å². The first-order valence-corrected chi connectivity index (χ1v) is 4.17. The van der Waals surface area contributed by atoms with E-state index in [1.54, 1.807) is 13.3 Å². The first-order chi connectivity index (χ1) is 6.36. The summed E-state index contributed by atoms with van der Waals surface area (Å²) in [6, 6.07) is 3.84. The topological polar surface area (TPSA) is 34.1 Å². The van der Waals surface area contributed by atoms with Crippen LogP contribution in [-0.2, 0) is 6.54 Å². The molecule has 0 bridgehead atoms. The number of rotatable bonds is 5. The van der Waals surface area contributed by atoms with Crippen molar-refractivity contribution >= 4 is 0 Å². The third kappa shape index (κ3) is 3.25. The highest BCUT2D eigenvalue weighted by Crippen LogP contribution is 2.05. The number of hydrogen-bond acceptors (Lipinski definition) is 3. The second-order valence-corrected chi connectivity index (χ2v) is 2.63. The molecule has 0 aliphatic rings. The number of nitrogens with zero attached hydrogens (tertiary/aromatic N) is 1. The van der Waals surface area contributed by atoms with Gasteiger partial charge in [-0.3, -0.25) is 0 Å². The van der Waals surface area contributed by atoms with E-state index in [0.717, 1.165) is 18.7 Å². The molecule has 0 saturated heterocycles. The van der Waals surface area contributed by atoms with Crippen LogP contribution in [-0.4, -0.2) is 18.6 Å². The van der Waals surface area contributed by atoms with E-state index in [1.807, 2.05) is 18.2 Å². The third-order valence-electron chi connectivity index (χ3n) is 1.62. The van der Waals surface area contributed by atoms with Crippen LogP contribution < -0.4 is 10.1 Å². The van der Waals surface area contributed by atoms with E-state index in [-0.39, 0.29) is 0 Å². The average molecular weight is 178 g/mol. The van der Waals surface area contributed by atoms with E-state index in [4.69, 9.17) is 4.74 Å². The fourth-order valence-corrected chi connectivity index (χ4v) is 0.955. The highest BCUT2D eigenvalue weighted by Gasteiger charge is 1.93. The number of nitrogens with one attached hydrogen (secondary N) is 1. The van der Waals surface area contributed by atoms with Gasteiger partial charge in [0.25, 0.3) is 0 Å². The van der Waals surface area contributed by atoms with Crippen LogP contribution in [0.3, 0.4) is 0 Å². The minimum absolute atomic E-state index is 0.646. The van der Waals surface area contributed by atoms with Crippen LogP contribution in [0.2, 0.25) is 0 Å². The van der Waals surface area contributed by atoms with Gasteiger partial charge in [0, 0.05) is 25.4 Å². The third-order valence-corrected chi connectivity index (χ3v) is 1.62. The van der Waals surface area contributed by atoms with Crippen LogP contribution in [0.4, 0.5) is 0 Å². The second-order valence-electron chi connectivity index (χ2n) is 2.63. The zero-order chi connectivity index (χ0) is 9.52. The summed E-state index contributed by atoms with van der Waals surface area (Å²) < 4.78 is 4.95. The molecule has 3 heteroatoms. The van der Waals surface area contributed by atoms with E-state index < -0.39 is 0 Å². The summed E-state index contributed by atoms with van der Waals surface area (Å²) in [4.78, 5) is 4.09. The molecule has 3 nitrogen and oxygen atoms in total. The average Bonchev–Trinajstić information content (AvgIpc) is 2.19. The highest BCUT2D eigenvalue weighted by atomic mass is 16.5. The fraction of sp³-hybridized carbons (Fsp3) is 0.300. The molecule has 1 aromatic heterocycles. The molecular formula is C10H14N2O. The molecule has 70 valence electrons. The number of aromatic nitrogens is 1. The minimum atomic E-state index is 0.646. The Morgan fingerprint density at radius 3 is 3.00 bits per heavy atom. The van der Waals surface area contributed by atoms with E-state index in [1.165, 1.54) is 0 Å². The standard InChI is InChI=1S/C10H14N2O/c1-3-6-11-7-9-4-5-10(13-2)12-8-9/h3-5,8,11H,1,6-7H2,2H3. The lowest BCUT2D eigenvalue weighted by Gasteiger charge is -2.02. The van der Waals surface area contributed by atoms with Gasteiger partial charge in [0.05, 0.1) is 7.11 Å². The van der Waals surface area contributed by atoms with Crippen LogP contribution in [0.25, 0.3) is 0 Å². The highest BCUT2D eigenvalue weighted by molar-refractivity contribution is 5.17. The van der Waals surface area contributed by atoms with Crippen molar-refractivity contribution in [1.29, 1.82) is 0 Å². The van der Waals surface area contributed by atoms with Crippen LogP contribution in [0.15, 0.2) is 31.0 Å². The van der Waals surface area contributed by atoms with E-state index in [2.05, 4.69) is 16.9 Å². The van der Waals surface area contributed by atoms with Crippen molar-refractivity contribution < 1.29 is 4.74 Å². The Labute approximate surface area is 78.4 Å². The van der Waals surface area contributed by atoms with Gasteiger partial charge in [0.2, 0.25) is 5.88 Å². The summed E-state index contributed by atoms with van der Waals surface area (Å²) in [6.07, 6.45) is 3.63. The molecule has 1 N–H and O–H groups in total. The molecular weight excluding hydrogens is 164 g/mol. The monoisotopic (exact) mass is 178 g/mol. The van der Waals surface area contributed by atoms with Gasteiger partial charge in [0.1, 0.15) is 0 Å². The van der Waals surface area contributed by atoms with Crippen LogP contribution >= 0.6 is 0 Å². The van der Waals surface area contributed by atoms with Gasteiger partial charge in [-0.15, -0.1) is 6.58 Å². The molecule has 0 aliphatic carbocycles. The predicted molar refractivity (Wildman–Crippen MR) is 52.7 cm³/mol. The van der Waals surface area contributed by atoms with Crippen molar-refractivity contribution in [2.75, 3.05) is 13.7 Å². The smallest absolute Gasteiger partial charge is 0.212 e. The number of hydrogen-bond donors (Lipinski definition) is 1. The molecule has 0 saturated carbocycles. The maximum Gasteiger partial charge on any atom is 0.212 e. The summed E-state index contributed by atoms with van der Waals surface area (Å²) in [6.45, 7) is 5.24. The summed E-state index contributed by atoms with van der Waals surface area (Å²) in [7, 11) is 1.61. The molecule has 0 aliphatic heterocycles. The van der Waals surface area contributed by atoms with Gasteiger partial charge < -0.3 is 10.1 Å². The maximum atomic E-state index is 4.95. The molecule has 1 rings (SSSR count). The molecule has 0 fully saturated rings. The Bertz CT molecular complexity index is 256. The Morgan fingerprint density at radius 2 is 2.46 bits per heavy atom. The molecule has 0 atom stereocenters. The lowest BCUT2D eigenvalue weighted by molar-refractivity contribution is 0.397. The Morgan fingerprint density at radius 1 is 1.62 bits per heavy atom. The summed E-state index contributed by atoms with van der Waals surface area (Å²) in [5.74, 6) is 0.646. The molecule has 0 spiro atoms. The number of methoxy groups -OCH3 is 1. The van der Waals surface area contributed by atoms with Gasteiger partial charge in [0.15, 0.2) is 0 Å². The lowest BCUT2D eigenvalue weighted by atomic mass is 10.3. The first kappa shape index (κ1) is 9.74.